The molecule has 6 rings (SSSR count). The van der Waals surface area contributed by atoms with Crippen LogP contribution in [0.2, 0.25) is 0 Å². The summed E-state index contributed by atoms with van der Waals surface area (Å²) in [5.74, 6) is 0.742. The first kappa shape index (κ1) is 28.4. The van der Waals surface area contributed by atoms with Gasteiger partial charge in [0.2, 0.25) is 0 Å². The van der Waals surface area contributed by atoms with Crippen LogP contribution < -0.4 is 10.6 Å². The largest absolute Gasteiger partial charge is 0.392 e. The van der Waals surface area contributed by atoms with Gasteiger partial charge in [0.25, 0.3) is 0 Å². The lowest BCUT2D eigenvalue weighted by atomic mass is 10.0. The third-order valence-electron chi connectivity index (χ3n) is 7.02. The number of thiazole rings is 1. The van der Waals surface area contributed by atoms with Crippen molar-refractivity contribution in [3.05, 3.63) is 125 Å². The zero-order chi connectivity index (χ0) is 28.7. The number of anilines is 1. The van der Waals surface area contributed by atoms with Gasteiger partial charge in [-0.05, 0) is 41.0 Å². The summed E-state index contributed by atoms with van der Waals surface area (Å²) >= 11 is 3.40. The molecule has 0 aliphatic carbocycles. The van der Waals surface area contributed by atoms with Crippen LogP contribution in [0.5, 0.6) is 0 Å². The van der Waals surface area contributed by atoms with E-state index in [9.17, 15) is 9.90 Å². The van der Waals surface area contributed by atoms with Gasteiger partial charge in [-0.2, -0.15) is 0 Å². The molecule has 5 aromatic rings. The Bertz CT molecular complexity index is 1580. The first-order chi connectivity index (χ1) is 20.6. The van der Waals surface area contributed by atoms with Gasteiger partial charge in [0.05, 0.1) is 29.0 Å². The average molecular weight is 598 g/mol. The van der Waals surface area contributed by atoms with E-state index in [2.05, 4.69) is 16.7 Å². The van der Waals surface area contributed by atoms with Gasteiger partial charge >= 0.3 is 6.03 Å². The Balaban J connectivity index is 1.13. The monoisotopic (exact) mass is 597 g/mol. The number of aliphatic hydroxyl groups is 1. The number of benzene rings is 4. The Kier molecular flexibility index (Phi) is 9.12. The predicted octanol–water partition coefficient (Wildman–Crippen LogP) is 7.45. The third-order valence-corrected chi connectivity index (χ3v) is 9.33. The second-order valence-corrected chi connectivity index (χ2v) is 12.3. The number of hydrogen-bond acceptors (Lipinski definition) is 7. The molecular weight excluding hydrogens is 567 g/mol. The lowest BCUT2D eigenvalue weighted by molar-refractivity contribution is -0.245. The molecule has 9 heteroatoms. The quantitative estimate of drug-likeness (QED) is 0.153. The van der Waals surface area contributed by atoms with Crippen LogP contribution in [0.1, 0.15) is 41.1 Å². The number of urea groups is 1. The van der Waals surface area contributed by atoms with Gasteiger partial charge in [-0.1, -0.05) is 90.6 Å². The van der Waals surface area contributed by atoms with Gasteiger partial charge in [0.1, 0.15) is 0 Å². The van der Waals surface area contributed by atoms with E-state index in [1.807, 2.05) is 97.1 Å². The molecule has 0 unspecified atom stereocenters. The molecule has 0 spiro atoms. The molecule has 0 radical (unpaired) electrons. The van der Waals surface area contributed by atoms with Crippen LogP contribution in [-0.2, 0) is 22.6 Å². The van der Waals surface area contributed by atoms with Crippen molar-refractivity contribution in [1.29, 1.82) is 0 Å². The molecule has 1 aliphatic rings. The molecule has 214 valence electrons. The molecular formula is C33H31N3O4S2. The van der Waals surface area contributed by atoms with Crippen LogP contribution in [0.3, 0.4) is 0 Å². The van der Waals surface area contributed by atoms with Crippen LogP contribution in [0.15, 0.2) is 107 Å². The van der Waals surface area contributed by atoms with Crippen molar-refractivity contribution in [3.63, 3.8) is 0 Å². The SMILES string of the molecule is O=C(NCc1ccccc1)Nc1ccc([C@@H]2O[C@H](CSc3nc4ccccc4s3)C[C@H](c3ccc(CO)cc3)O2)cc1. The Morgan fingerprint density at radius 3 is 2.38 bits per heavy atom. The van der Waals surface area contributed by atoms with Crippen LogP contribution in [0.4, 0.5) is 10.5 Å². The minimum Gasteiger partial charge on any atom is -0.392 e. The second kappa shape index (κ2) is 13.5. The fourth-order valence-electron chi connectivity index (χ4n) is 4.78. The first-order valence-electron chi connectivity index (χ1n) is 13.8. The van der Waals surface area contributed by atoms with Crippen LogP contribution >= 0.6 is 23.1 Å². The van der Waals surface area contributed by atoms with Crippen molar-refractivity contribution in [2.24, 2.45) is 0 Å². The summed E-state index contributed by atoms with van der Waals surface area (Å²) in [4.78, 5) is 17.2. The smallest absolute Gasteiger partial charge is 0.319 e. The van der Waals surface area contributed by atoms with Gasteiger partial charge < -0.3 is 25.2 Å². The zero-order valence-electron chi connectivity index (χ0n) is 22.8. The summed E-state index contributed by atoms with van der Waals surface area (Å²) in [7, 11) is 0. The van der Waals surface area contributed by atoms with Gasteiger partial charge in [-0.15, -0.1) is 11.3 Å². The first-order valence-corrected chi connectivity index (χ1v) is 15.6. The highest BCUT2D eigenvalue weighted by Crippen LogP contribution is 2.40. The number of carbonyl (C=O) groups is 1. The van der Waals surface area contributed by atoms with E-state index in [1.165, 1.54) is 4.70 Å². The van der Waals surface area contributed by atoms with E-state index in [1.54, 1.807) is 23.1 Å². The number of para-hydroxylation sites is 1. The molecule has 42 heavy (non-hydrogen) atoms. The van der Waals surface area contributed by atoms with Crippen LogP contribution in [0, 0.1) is 0 Å². The summed E-state index contributed by atoms with van der Waals surface area (Å²) < 4.78 is 15.1. The highest BCUT2D eigenvalue weighted by atomic mass is 32.2. The number of amides is 2. The van der Waals surface area contributed by atoms with Gasteiger partial charge in [-0.3, -0.25) is 0 Å². The standard InChI is InChI=1S/C33H31N3O4S2/c37-20-23-10-12-24(13-11-23)29-18-27(21-41-33-36-28-8-4-5-9-30(28)42-33)39-31(40-29)25-14-16-26(17-15-25)35-32(38)34-19-22-6-2-1-3-7-22/h1-17,27,29,31,37H,18-21H2,(H2,34,35,38)/t27-,29+,31+/m0/s1. The molecule has 2 amide bonds. The molecule has 2 heterocycles. The Morgan fingerprint density at radius 2 is 1.62 bits per heavy atom. The Morgan fingerprint density at radius 1 is 0.881 bits per heavy atom. The van der Waals surface area contributed by atoms with Crippen molar-refractivity contribution in [2.75, 3.05) is 11.1 Å². The van der Waals surface area contributed by atoms with Gasteiger partial charge in [0, 0.05) is 30.0 Å². The van der Waals surface area contributed by atoms with Crippen LogP contribution in [-0.4, -0.2) is 28.0 Å². The number of aromatic nitrogens is 1. The lowest BCUT2D eigenvalue weighted by Gasteiger charge is -2.36. The normalized spacial score (nSPS) is 18.5. The molecule has 3 N–H and O–H groups in total. The molecule has 0 bridgehead atoms. The maximum Gasteiger partial charge on any atom is 0.319 e. The molecule has 3 atom stereocenters. The number of fused-ring (bicyclic) bond motifs is 1. The summed E-state index contributed by atoms with van der Waals surface area (Å²) in [5, 5.41) is 15.2. The number of ether oxygens (including phenoxy) is 2. The fraction of sp³-hybridized carbons (Fsp3) is 0.212. The summed E-state index contributed by atoms with van der Waals surface area (Å²) in [6, 6.07) is 33.1. The minimum atomic E-state index is -0.566. The van der Waals surface area contributed by atoms with Crippen molar-refractivity contribution in [2.45, 2.75) is 42.4 Å². The van der Waals surface area contributed by atoms with E-state index in [0.717, 1.165) is 37.9 Å². The molecule has 7 nitrogen and oxygen atoms in total. The zero-order valence-corrected chi connectivity index (χ0v) is 24.4. The number of nitrogens with one attached hydrogen (secondary N) is 2. The number of aliphatic hydroxyl groups excluding tert-OH is 1. The van der Waals surface area contributed by atoms with E-state index in [-0.39, 0.29) is 24.8 Å². The lowest BCUT2D eigenvalue weighted by Crippen LogP contribution is -2.31. The molecule has 1 fully saturated rings. The maximum absolute atomic E-state index is 12.4. The molecule has 1 saturated heterocycles. The van der Waals surface area contributed by atoms with Gasteiger partial charge in [0.15, 0.2) is 10.6 Å². The number of nitrogens with zero attached hydrogens (tertiary/aromatic N) is 1. The summed E-state index contributed by atoms with van der Waals surface area (Å²) in [6.07, 6.45) is -0.0965. The molecule has 0 saturated carbocycles. The van der Waals surface area contributed by atoms with E-state index >= 15 is 0 Å². The van der Waals surface area contributed by atoms with Crippen LogP contribution in [0.25, 0.3) is 10.2 Å². The average Bonchev–Trinajstić information content (AvgIpc) is 3.47. The maximum atomic E-state index is 12.4. The topological polar surface area (TPSA) is 92.7 Å². The summed E-state index contributed by atoms with van der Waals surface area (Å²) in [6.45, 7) is 0.454. The number of thioether (sulfide) groups is 1. The molecule has 4 aromatic carbocycles. The van der Waals surface area contributed by atoms with E-state index in [0.29, 0.717) is 18.7 Å². The van der Waals surface area contributed by atoms with Gasteiger partial charge in [-0.25, -0.2) is 9.78 Å². The second-order valence-electron chi connectivity index (χ2n) is 10.0. The van der Waals surface area contributed by atoms with E-state index < -0.39 is 6.29 Å². The Labute approximate surface area is 252 Å². The van der Waals surface area contributed by atoms with Crippen molar-refractivity contribution in [3.8, 4) is 0 Å². The number of rotatable bonds is 9. The third kappa shape index (κ3) is 7.18. The highest BCUT2D eigenvalue weighted by Gasteiger charge is 2.32. The minimum absolute atomic E-state index is 0.00361. The van der Waals surface area contributed by atoms with E-state index in [4.69, 9.17) is 14.5 Å². The predicted molar refractivity (Wildman–Crippen MR) is 168 cm³/mol. The number of hydrogen-bond donors (Lipinski definition) is 3. The van der Waals surface area contributed by atoms with Crippen molar-refractivity contribution >= 4 is 45.0 Å². The number of carbonyl (C=O) groups excluding carboxylic acids is 1. The highest BCUT2D eigenvalue weighted by molar-refractivity contribution is 8.01. The van der Waals surface area contributed by atoms with Crippen molar-refractivity contribution < 1.29 is 19.4 Å². The fourth-order valence-corrected chi connectivity index (χ4v) is 6.89. The van der Waals surface area contributed by atoms with Crippen molar-refractivity contribution in [1.82, 2.24) is 10.3 Å². The molecule has 1 aliphatic heterocycles. The molecule has 1 aromatic heterocycles. The summed E-state index contributed by atoms with van der Waals surface area (Å²) in [5.41, 5.74) is 5.51. The Hall–Kier alpha value is -3.73.